The molecule has 1 aromatic rings. The van der Waals surface area contributed by atoms with Crippen LogP contribution in [0.3, 0.4) is 0 Å². The van der Waals surface area contributed by atoms with Crippen LogP contribution in [0.25, 0.3) is 0 Å². The molecular weight excluding hydrogens is 224 g/mol. The highest BCUT2D eigenvalue weighted by Crippen LogP contribution is 2.12. The minimum absolute atomic E-state index is 0.0877. The van der Waals surface area contributed by atoms with Gasteiger partial charge in [-0.25, -0.2) is 0 Å². The van der Waals surface area contributed by atoms with Crippen molar-refractivity contribution in [2.75, 3.05) is 13.1 Å². The fourth-order valence-corrected chi connectivity index (χ4v) is 1.49. The molecule has 7 heteroatoms. The molecule has 1 aromatic carbocycles. The van der Waals surface area contributed by atoms with Crippen molar-refractivity contribution in [1.82, 2.24) is 0 Å². The molecule has 0 unspecified atom stereocenters. The van der Waals surface area contributed by atoms with E-state index in [1.54, 1.807) is 16.8 Å². The Bertz CT molecular complexity index is 481. The molecule has 2 rings (SSSR count). The van der Waals surface area contributed by atoms with Crippen molar-refractivity contribution in [3.05, 3.63) is 39.9 Å². The molecule has 0 aromatic heterocycles. The highest BCUT2D eigenvalue weighted by atomic mass is 16.7. The van der Waals surface area contributed by atoms with Crippen LogP contribution in [0.15, 0.2) is 29.5 Å². The first kappa shape index (κ1) is 11.2. The van der Waals surface area contributed by atoms with Gasteiger partial charge in [0.05, 0.1) is 4.92 Å². The number of nitrogens with one attached hydrogen (secondary N) is 1. The zero-order valence-corrected chi connectivity index (χ0v) is 9.00. The number of nitro groups is 1. The molecule has 7 nitrogen and oxygen atoms in total. The minimum Gasteiger partial charge on any atom is -0.285 e. The average Bonchev–Trinajstić information content (AvgIpc) is 2.73. The molecule has 0 atom stereocenters. The van der Waals surface area contributed by atoms with Crippen LogP contribution >= 0.6 is 0 Å². The van der Waals surface area contributed by atoms with Gasteiger partial charge in [0.2, 0.25) is 6.54 Å². The lowest BCUT2D eigenvalue weighted by molar-refractivity contribution is -0.585. The lowest BCUT2D eigenvalue weighted by Crippen LogP contribution is -2.14. The summed E-state index contributed by atoms with van der Waals surface area (Å²) in [5, 5.41) is 21.3. The third-order valence-corrected chi connectivity index (χ3v) is 2.40. The van der Waals surface area contributed by atoms with Crippen molar-refractivity contribution >= 4 is 11.6 Å². The molecule has 1 aliphatic heterocycles. The number of hydrogen-bond acceptors (Lipinski definition) is 5. The van der Waals surface area contributed by atoms with Gasteiger partial charge in [0.25, 0.3) is 11.6 Å². The van der Waals surface area contributed by atoms with Gasteiger partial charge in [-0.15, -0.1) is 0 Å². The third kappa shape index (κ3) is 2.83. The topological polar surface area (TPSA) is 91.6 Å². The van der Waals surface area contributed by atoms with E-state index in [9.17, 15) is 10.1 Å². The van der Waals surface area contributed by atoms with Gasteiger partial charge in [-0.2, -0.15) is 0 Å². The second-order valence-corrected chi connectivity index (χ2v) is 3.66. The summed E-state index contributed by atoms with van der Waals surface area (Å²) >= 11 is 0. The first-order valence-electron chi connectivity index (χ1n) is 5.09. The maximum Gasteiger partial charge on any atom is 0.291 e. The summed E-state index contributed by atoms with van der Waals surface area (Å²) in [4.78, 5) is 14.7. The van der Waals surface area contributed by atoms with E-state index in [1.807, 2.05) is 0 Å². The van der Waals surface area contributed by atoms with Crippen molar-refractivity contribution in [2.24, 2.45) is 5.28 Å². The molecular formula is C10H11N4O3+. The summed E-state index contributed by atoms with van der Waals surface area (Å²) in [6.07, 6.45) is 0.706. The predicted molar refractivity (Wildman–Crippen MR) is 58.0 cm³/mol. The Labute approximate surface area is 96.9 Å². The van der Waals surface area contributed by atoms with Crippen LogP contribution in [0.5, 0.6) is 0 Å². The SMILES string of the molecule is N=C1C[N+](CCc2ccc([N+](=O)[O-])cc2)=NO1. The Kier molecular flexibility index (Phi) is 3.08. The smallest absolute Gasteiger partial charge is 0.285 e. The number of benzene rings is 1. The molecule has 0 radical (unpaired) electrons. The zero-order chi connectivity index (χ0) is 12.3. The molecule has 88 valence electrons. The standard InChI is InChI=1S/C10H11N4O3/c11-10-7-13(12-17-10)6-5-8-1-3-9(4-2-8)14(15)16/h1-4,11H,5-7H2/q+1. The minimum atomic E-state index is -0.422. The van der Waals surface area contributed by atoms with E-state index in [4.69, 9.17) is 5.41 Å². The summed E-state index contributed by atoms with van der Waals surface area (Å²) in [7, 11) is 0. The lowest BCUT2D eigenvalue weighted by atomic mass is 10.1. The number of nitro benzene ring substituents is 1. The lowest BCUT2D eigenvalue weighted by Gasteiger charge is -1.96. The van der Waals surface area contributed by atoms with Gasteiger partial charge < -0.3 is 0 Å². The van der Waals surface area contributed by atoms with Crippen molar-refractivity contribution < 1.29 is 14.5 Å². The largest absolute Gasteiger partial charge is 0.291 e. The normalized spacial score (nSPS) is 14.4. The number of rotatable bonds is 4. The van der Waals surface area contributed by atoms with Gasteiger partial charge in [0.1, 0.15) is 0 Å². The fraction of sp³-hybridized carbons (Fsp3) is 0.300. The van der Waals surface area contributed by atoms with Crippen LogP contribution in [0.1, 0.15) is 5.56 Å². The number of non-ortho nitro benzene ring substituents is 1. The van der Waals surface area contributed by atoms with Gasteiger partial charge in [0, 0.05) is 18.6 Å². The monoisotopic (exact) mass is 235 g/mol. The summed E-state index contributed by atoms with van der Waals surface area (Å²) in [5.74, 6) is 0.133. The van der Waals surface area contributed by atoms with E-state index >= 15 is 0 Å². The van der Waals surface area contributed by atoms with Crippen LogP contribution in [0.4, 0.5) is 5.69 Å². The van der Waals surface area contributed by atoms with Gasteiger partial charge >= 0.3 is 0 Å². The maximum atomic E-state index is 10.5. The zero-order valence-electron chi connectivity index (χ0n) is 9.00. The van der Waals surface area contributed by atoms with E-state index in [0.29, 0.717) is 19.5 Å². The number of hydrogen-bond donors (Lipinski definition) is 1. The van der Waals surface area contributed by atoms with E-state index in [0.717, 1.165) is 5.56 Å². The van der Waals surface area contributed by atoms with Crippen molar-refractivity contribution in [2.45, 2.75) is 6.42 Å². The van der Waals surface area contributed by atoms with Crippen LogP contribution in [0.2, 0.25) is 0 Å². The maximum absolute atomic E-state index is 10.5. The molecule has 0 spiro atoms. The number of nitrogens with zero attached hydrogens (tertiary/aromatic N) is 3. The molecule has 0 saturated heterocycles. The molecule has 0 bridgehead atoms. The summed E-state index contributed by atoms with van der Waals surface area (Å²) in [5.41, 5.74) is 1.08. The Balaban J connectivity index is 1.91. The fourth-order valence-electron chi connectivity index (χ4n) is 1.49. The van der Waals surface area contributed by atoms with E-state index in [2.05, 4.69) is 10.1 Å². The van der Waals surface area contributed by atoms with Gasteiger partial charge in [0.15, 0.2) is 11.8 Å². The third-order valence-electron chi connectivity index (χ3n) is 2.40. The van der Waals surface area contributed by atoms with Gasteiger partial charge in [-0.1, -0.05) is 16.8 Å². The van der Waals surface area contributed by atoms with Gasteiger partial charge in [-0.05, 0) is 5.56 Å². The Morgan fingerprint density at radius 1 is 1.47 bits per heavy atom. The Hall–Kier alpha value is -2.31. The Morgan fingerprint density at radius 3 is 2.71 bits per heavy atom. The quantitative estimate of drug-likeness (QED) is 0.487. The van der Waals surface area contributed by atoms with Crippen LogP contribution in [0, 0.1) is 15.5 Å². The molecule has 0 aliphatic carbocycles. The van der Waals surface area contributed by atoms with Crippen molar-refractivity contribution in [3.63, 3.8) is 0 Å². The molecule has 17 heavy (non-hydrogen) atoms. The summed E-state index contributed by atoms with van der Waals surface area (Å²) in [6.45, 7) is 1.01. The van der Waals surface area contributed by atoms with E-state index in [1.165, 1.54) is 12.1 Å². The second-order valence-electron chi connectivity index (χ2n) is 3.66. The molecule has 0 amide bonds. The summed E-state index contributed by atoms with van der Waals surface area (Å²) in [6, 6.07) is 6.41. The average molecular weight is 235 g/mol. The molecule has 0 fully saturated rings. The molecule has 1 N–H and O–H groups in total. The van der Waals surface area contributed by atoms with Crippen molar-refractivity contribution in [3.8, 4) is 0 Å². The predicted octanol–water partition coefficient (Wildman–Crippen LogP) is 1.52. The summed E-state index contributed by atoms with van der Waals surface area (Å²) < 4.78 is 1.64. The van der Waals surface area contributed by atoms with Crippen LogP contribution < -0.4 is 0 Å². The van der Waals surface area contributed by atoms with Crippen LogP contribution in [-0.4, -0.2) is 28.6 Å². The first-order valence-corrected chi connectivity index (χ1v) is 5.09. The molecule has 1 heterocycles. The first-order chi connectivity index (χ1) is 8.15. The van der Waals surface area contributed by atoms with E-state index < -0.39 is 4.92 Å². The highest BCUT2D eigenvalue weighted by molar-refractivity contribution is 5.73. The highest BCUT2D eigenvalue weighted by Gasteiger charge is 2.20. The molecule has 1 aliphatic rings. The van der Waals surface area contributed by atoms with Crippen LogP contribution in [-0.2, 0) is 11.3 Å². The van der Waals surface area contributed by atoms with E-state index in [-0.39, 0.29) is 11.6 Å². The van der Waals surface area contributed by atoms with Crippen molar-refractivity contribution in [1.29, 1.82) is 5.41 Å². The molecule has 0 saturated carbocycles. The second kappa shape index (κ2) is 4.69. The van der Waals surface area contributed by atoms with Gasteiger partial charge in [-0.3, -0.25) is 20.4 Å². The Morgan fingerprint density at radius 2 is 2.18 bits per heavy atom.